The Morgan fingerprint density at radius 1 is 1.23 bits per heavy atom. The lowest BCUT2D eigenvalue weighted by molar-refractivity contribution is -0.195. The molecule has 130 valence electrons. The molecule has 1 heterocycles. The summed E-state index contributed by atoms with van der Waals surface area (Å²) in [4.78, 5) is 11.7. The van der Waals surface area contributed by atoms with Gasteiger partial charge in [0.05, 0.1) is 18.5 Å². The third-order valence-corrected chi connectivity index (χ3v) is 4.29. The Bertz CT molecular complexity index is 391. The van der Waals surface area contributed by atoms with Crippen LogP contribution >= 0.6 is 12.4 Å². The summed E-state index contributed by atoms with van der Waals surface area (Å²) < 4.78 is 64.6. The largest absolute Gasteiger partial charge is 0.392 e. The van der Waals surface area contributed by atoms with Crippen LogP contribution in [0.2, 0.25) is 0 Å². The van der Waals surface area contributed by atoms with Gasteiger partial charge in [-0.05, 0) is 18.8 Å². The van der Waals surface area contributed by atoms with Crippen LogP contribution < -0.4 is 10.6 Å². The van der Waals surface area contributed by atoms with Gasteiger partial charge in [0.2, 0.25) is 5.91 Å². The van der Waals surface area contributed by atoms with Gasteiger partial charge in [-0.3, -0.25) is 10.1 Å². The van der Waals surface area contributed by atoms with Crippen LogP contribution in [-0.2, 0) is 4.79 Å². The lowest BCUT2D eigenvalue weighted by Crippen LogP contribution is -2.45. The number of nitrogens with one attached hydrogen (secondary N) is 2. The average molecular weight is 351 g/mol. The molecule has 22 heavy (non-hydrogen) atoms. The molecule has 1 aliphatic carbocycles. The predicted octanol–water partition coefficient (Wildman–Crippen LogP) is 2.89. The van der Waals surface area contributed by atoms with E-state index in [1.165, 1.54) is 0 Å². The van der Waals surface area contributed by atoms with Gasteiger partial charge in [-0.1, -0.05) is 12.8 Å². The Kier molecular flexibility index (Phi) is 6.44. The van der Waals surface area contributed by atoms with E-state index in [-0.39, 0.29) is 25.4 Å². The number of hydrogen-bond acceptors (Lipinski definition) is 2. The van der Waals surface area contributed by atoms with Crippen molar-refractivity contribution >= 4 is 18.3 Å². The fourth-order valence-corrected chi connectivity index (χ4v) is 3.14. The van der Waals surface area contributed by atoms with Crippen molar-refractivity contribution in [1.82, 2.24) is 10.6 Å². The average Bonchev–Trinajstić information content (AvgIpc) is 2.76. The maximum absolute atomic E-state index is 13.0. The third-order valence-electron chi connectivity index (χ3n) is 4.29. The molecule has 0 aromatic heterocycles. The Morgan fingerprint density at radius 2 is 1.86 bits per heavy atom. The van der Waals surface area contributed by atoms with Crippen molar-refractivity contribution in [2.24, 2.45) is 11.8 Å². The van der Waals surface area contributed by atoms with Gasteiger partial charge < -0.3 is 5.32 Å². The minimum atomic E-state index is -4.27. The molecular formula is C13H20ClF5N2O. The van der Waals surface area contributed by atoms with Crippen molar-refractivity contribution in [2.75, 3.05) is 13.1 Å². The SMILES string of the molecule is Cl.O=C(NCC1CCCCC1C(F)(F)F)C1CC(F)(F)CN1. The number of halogens is 6. The topological polar surface area (TPSA) is 41.1 Å². The van der Waals surface area contributed by atoms with E-state index >= 15 is 0 Å². The van der Waals surface area contributed by atoms with E-state index < -0.39 is 48.8 Å². The van der Waals surface area contributed by atoms with Gasteiger partial charge in [0.1, 0.15) is 0 Å². The Hall–Kier alpha value is -0.630. The Balaban J connectivity index is 0.00000242. The van der Waals surface area contributed by atoms with Gasteiger partial charge in [0.15, 0.2) is 0 Å². The van der Waals surface area contributed by atoms with E-state index in [9.17, 15) is 26.7 Å². The molecule has 0 aromatic rings. The number of rotatable bonds is 3. The molecule has 3 nitrogen and oxygen atoms in total. The van der Waals surface area contributed by atoms with Crippen LogP contribution in [0.1, 0.15) is 32.1 Å². The van der Waals surface area contributed by atoms with E-state index in [0.29, 0.717) is 19.3 Å². The molecule has 1 amide bonds. The molecular weight excluding hydrogens is 331 g/mol. The van der Waals surface area contributed by atoms with Crippen LogP contribution in [0.5, 0.6) is 0 Å². The minimum Gasteiger partial charge on any atom is -0.354 e. The summed E-state index contributed by atoms with van der Waals surface area (Å²) >= 11 is 0. The van der Waals surface area contributed by atoms with Crippen LogP contribution in [0.4, 0.5) is 22.0 Å². The second-order valence-corrected chi connectivity index (χ2v) is 5.93. The van der Waals surface area contributed by atoms with E-state index in [1.807, 2.05) is 0 Å². The molecule has 2 aliphatic rings. The highest BCUT2D eigenvalue weighted by Crippen LogP contribution is 2.41. The zero-order valence-corrected chi connectivity index (χ0v) is 12.7. The number of amides is 1. The van der Waals surface area contributed by atoms with Crippen LogP contribution in [-0.4, -0.2) is 37.1 Å². The van der Waals surface area contributed by atoms with Gasteiger partial charge in [0.25, 0.3) is 5.92 Å². The van der Waals surface area contributed by atoms with Crippen molar-refractivity contribution in [3.63, 3.8) is 0 Å². The molecule has 0 radical (unpaired) electrons. The summed E-state index contributed by atoms with van der Waals surface area (Å²) in [5, 5.41) is 4.79. The van der Waals surface area contributed by atoms with Crippen molar-refractivity contribution in [3.05, 3.63) is 0 Å². The van der Waals surface area contributed by atoms with E-state index in [0.717, 1.165) is 0 Å². The first kappa shape index (κ1) is 19.4. The zero-order valence-electron chi connectivity index (χ0n) is 11.9. The highest BCUT2D eigenvalue weighted by molar-refractivity contribution is 5.85. The lowest BCUT2D eigenvalue weighted by Gasteiger charge is -2.33. The summed E-state index contributed by atoms with van der Waals surface area (Å²) in [7, 11) is 0. The first-order chi connectivity index (χ1) is 9.69. The van der Waals surface area contributed by atoms with Crippen LogP contribution in [0.25, 0.3) is 0 Å². The molecule has 0 spiro atoms. The van der Waals surface area contributed by atoms with Gasteiger partial charge in [0, 0.05) is 13.0 Å². The number of hydrogen-bond donors (Lipinski definition) is 2. The maximum Gasteiger partial charge on any atom is 0.392 e. The first-order valence-corrected chi connectivity index (χ1v) is 7.15. The second kappa shape index (κ2) is 7.29. The third kappa shape index (κ3) is 4.94. The Labute approximate surface area is 131 Å². The number of carbonyl (C=O) groups is 1. The highest BCUT2D eigenvalue weighted by atomic mass is 35.5. The standard InChI is InChI=1S/C13H19F5N2O.ClH/c14-12(15)5-10(20-7-12)11(21)19-6-8-3-1-2-4-9(8)13(16,17)18;/h8-10,20H,1-7H2,(H,19,21);1H. The number of alkyl halides is 5. The number of carbonyl (C=O) groups excluding carboxylic acids is 1. The molecule has 0 bridgehead atoms. The van der Waals surface area contributed by atoms with Gasteiger partial charge in [-0.2, -0.15) is 13.2 Å². The first-order valence-electron chi connectivity index (χ1n) is 7.15. The molecule has 2 fully saturated rings. The van der Waals surface area contributed by atoms with Gasteiger partial charge in [-0.25, -0.2) is 8.78 Å². The van der Waals surface area contributed by atoms with E-state index in [1.54, 1.807) is 0 Å². The van der Waals surface area contributed by atoms with Crippen molar-refractivity contribution in [2.45, 2.75) is 50.2 Å². The highest BCUT2D eigenvalue weighted by Gasteiger charge is 2.46. The summed E-state index contributed by atoms with van der Waals surface area (Å²) in [6.07, 6.45) is -3.17. The van der Waals surface area contributed by atoms with Gasteiger partial charge >= 0.3 is 6.18 Å². The van der Waals surface area contributed by atoms with Crippen molar-refractivity contribution in [1.29, 1.82) is 0 Å². The quantitative estimate of drug-likeness (QED) is 0.768. The second-order valence-electron chi connectivity index (χ2n) is 5.93. The zero-order chi connectivity index (χ0) is 15.7. The molecule has 2 rings (SSSR count). The van der Waals surface area contributed by atoms with E-state index in [4.69, 9.17) is 0 Å². The molecule has 2 N–H and O–H groups in total. The van der Waals surface area contributed by atoms with Crippen LogP contribution in [0, 0.1) is 11.8 Å². The molecule has 1 saturated carbocycles. The fourth-order valence-electron chi connectivity index (χ4n) is 3.14. The minimum absolute atomic E-state index is 0. The Morgan fingerprint density at radius 3 is 2.41 bits per heavy atom. The normalized spacial score (nSPS) is 31.4. The van der Waals surface area contributed by atoms with Crippen molar-refractivity contribution in [3.8, 4) is 0 Å². The van der Waals surface area contributed by atoms with Crippen LogP contribution in [0.15, 0.2) is 0 Å². The molecule has 9 heteroatoms. The smallest absolute Gasteiger partial charge is 0.354 e. The monoisotopic (exact) mass is 350 g/mol. The van der Waals surface area contributed by atoms with Gasteiger partial charge in [-0.15, -0.1) is 12.4 Å². The molecule has 1 saturated heterocycles. The predicted molar refractivity (Wildman–Crippen MR) is 73.1 cm³/mol. The summed E-state index contributed by atoms with van der Waals surface area (Å²) in [6, 6.07) is -1.02. The molecule has 3 unspecified atom stereocenters. The molecule has 0 aromatic carbocycles. The fraction of sp³-hybridized carbons (Fsp3) is 0.923. The maximum atomic E-state index is 13.0. The molecule has 1 aliphatic heterocycles. The van der Waals surface area contributed by atoms with Crippen molar-refractivity contribution < 1.29 is 26.7 Å². The summed E-state index contributed by atoms with van der Waals surface area (Å²) in [6.45, 7) is -0.674. The summed E-state index contributed by atoms with van der Waals surface area (Å²) in [5.41, 5.74) is 0. The van der Waals surface area contributed by atoms with E-state index in [2.05, 4.69) is 10.6 Å². The summed E-state index contributed by atoms with van der Waals surface area (Å²) in [5.74, 6) is -5.64. The lowest BCUT2D eigenvalue weighted by atomic mass is 9.78. The van der Waals surface area contributed by atoms with Crippen LogP contribution in [0.3, 0.4) is 0 Å². The molecule has 3 atom stereocenters.